The van der Waals surface area contributed by atoms with Gasteiger partial charge in [-0.25, -0.2) is 14.4 Å². The molecule has 156 valence electrons. The van der Waals surface area contributed by atoms with Gasteiger partial charge in [0.2, 0.25) is 0 Å². The molecular formula is C20H21Cl2NO6. The molecular weight excluding hydrogens is 421 g/mol. The smallest absolute Gasteiger partial charge is 0.336 e. The molecule has 1 aromatic carbocycles. The Labute approximate surface area is 178 Å². The summed E-state index contributed by atoms with van der Waals surface area (Å²) < 4.78 is 4.89. The number of carbonyl (C=O) groups excluding carboxylic acids is 2. The lowest BCUT2D eigenvalue weighted by Gasteiger charge is -2.35. The summed E-state index contributed by atoms with van der Waals surface area (Å²) in [5.74, 6) is -3.69. The molecule has 0 bridgehead atoms. The molecule has 0 aromatic heterocycles. The second-order valence-corrected chi connectivity index (χ2v) is 7.16. The molecule has 1 aromatic rings. The fraction of sp³-hybridized carbons (Fsp3) is 0.350. The number of carbonyl (C=O) groups is 3. The van der Waals surface area contributed by atoms with Crippen LogP contribution in [0.2, 0.25) is 10.0 Å². The average Bonchev–Trinajstić information content (AvgIpc) is 2.66. The van der Waals surface area contributed by atoms with Crippen molar-refractivity contribution in [1.82, 2.24) is 5.06 Å². The quantitative estimate of drug-likeness (QED) is 0.651. The first-order valence-electron chi connectivity index (χ1n) is 8.83. The van der Waals surface area contributed by atoms with E-state index in [-0.39, 0.29) is 39.0 Å². The first-order valence-corrected chi connectivity index (χ1v) is 9.59. The highest BCUT2D eigenvalue weighted by Gasteiger charge is 2.42. The maximum atomic E-state index is 12.7. The van der Waals surface area contributed by atoms with E-state index in [2.05, 4.69) is 0 Å². The lowest BCUT2D eigenvalue weighted by atomic mass is 9.80. The van der Waals surface area contributed by atoms with Gasteiger partial charge in [-0.1, -0.05) is 42.3 Å². The van der Waals surface area contributed by atoms with Crippen LogP contribution in [-0.4, -0.2) is 35.2 Å². The predicted molar refractivity (Wildman–Crippen MR) is 107 cm³/mol. The van der Waals surface area contributed by atoms with Crippen molar-refractivity contribution in [3.63, 3.8) is 0 Å². The zero-order valence-electron chi connectivity index (χ0n) is 16.4. The standard InChI is InChI=1S/C20H21Cl2NO6/c1-5-7-14(24)29-23-10(2)15(19(25)26)17(16(11(23)3)20(27)28-4)12-8-6-9-13(21)18(12)22/h6,8-9,17H,5,7H2,1-4H3,(H,25,26). The third-order valence-electron chi connectivity index (χ3n) is 4.54. The van der Waals surface area contributed by atoms with E-state index < -0.39 is 23.8 Å². The molecule has 1 unspecified atom stereocenters. The van der Waals surface area contributed by atoms with Crippen LogP contribution in [0.3, 0.4) is 0 Å². The van der Waals surface area contributed by atoms with Gasteiger partial charge < -0.3 is 14.7 Å². The van der Waals surface area contributed by atoms with Crippen LogP contribution in [0.1, 0.15) is 45.1 Å². The molecule has 1 atom stereocenters. The summed E-state index contributed by atoms with van der Waals surface area (Å²) in [6.07, 6.45) is 0.686. The maximum Gasteiger partial charge on any atom is 0.336 e. The van der Waals surface area contributed by atoms with Crippen LogP contribution in [-0.2, 0) is 24.0 Å². The highest BCUT2D eigenvalue weighted by Crippen LogP contribution is 2.45. The SMILES string of the molecule is CCCC(=O)ON1C(C)=C(C(=O)O)C(c2cccc(Cl)c2Cl)C(C(=O)OC)=C1C. The van der Waals surface area contributed by atoms with Crippen LogP contribution in [0.15, 0.2) is 40.7 Å². The van der Waals surface area contributed by atoms with E-state index in [9.17, 15) is 19.5 Å². The van der Waals surface area contributed by atoms with Gasteiger partial charge in [0.15, 0.2) is 0 Å². The number of allylic oxidation sites excluding steroid dienone is 2. The third-order valence-corrected chi connectivity index (χ3v) is 5.38. The Balaban J connectivity index is 2.78. The predicted octanol–water partition coefficient (Wildman–Crippen LogP) is 4.46. The van der Waals surface area contributed by atoms with E-state index >= 15 is 0 Å². The van der Waals surface area contributed by atoms with Gasteiger partial charge in [0, 0.05) is 6.42 Å². The van der Waals surface area contributed by atoms with Gasteiger partial charge in [-0.3, -0.25) is 0 Å². The van der Waals surface area contributed by atoms with Crippen molar-refractivity contribution in [1.29, 1.82) is 0 Å². The van der Waals surface area contributed by atoms with Gasteiger partial charge in [0.25, 0.3) is 0 Å². The number of ether oxygens (including phenoxy) is 1. The summed E-state index contributed by atoms with van der Waals surface area (Å²) in [4.78, 5) is 42.3. The van der Waals surface area contributed by atoms with Crippen molar-refractivity contribution in [3.8, 4) is 0 Å². The largest absolute Gasteiger partial charge is 0.478 e. The minimum absolute atomic E-state index is 0.0102. The maximum absolute atomic E-state index is 12.7. The summed E-state index contributed by atoms with van der Waals surface area (Å²) in [5.41, 5.74) is 0.515. The van der Waals surface area contributed by atoms with Crippen LogP contribution in [0, 0.1) is 0 Å². The van der Waals surface area contributed by atoms with Crippen molar-refractivity contribution in [2.75, 3.05) is 7.11 Å². The fourth-order valence-corrected chi connectivity index (χ4v) is 3.65. The Kier molecular flexibility index (Phi) is 7.32. The monoisotopic (exact) mass is 441 g/mol. The van der Waals surface area contributed by atoms with E-state index in [0.717, 1.165) is 5.06 Å². The Morgan fingerprint density at radius 1 is 1.14 bits per heavy atom. The van der Waals surface area contributed by atoms with Crippen molar-refractivity contribution in [2.45, 2.75) is 39.5 Å². The molecule has 0 aliphatic carbocycles. The second-order valence-electron chi connectivity index (χ2n) is 6.38. The third kappa shape index (κ3) is 4.41. The van der Waals surface area contributed by atoms with Gasteiger partial charge in [-0.15, -0.1) is 0 Å². The van der Waals surface area contributed by atoms with Crippen LogP contribution < -0.4 is 0 Å². The summed E-state index contributed by atoms with van der Waals surface area (Å²) in [7, 11) is 1.18. The minimum atomic E-state index is -1.30. The van der Waals surface area contributed by atoms with Crippen LogP contribution >= 0.6 is 23.2 Å². The topological polar surface area (TPSA) is 93.1 Å². The summed E-state index contributed by atoms with van der Waals surface area (Å²) >= 11 is 12.5. The minimum Gasteiger partial charge on any atom is -0.478 e. The van der Waals surface area contributed by atoms with Gasteiger partial charge in [0.05, 0.1) is 45.6 Å². The van der Waals surface area contributed by atoms with Crippen LogP contribution in [0.25, 0.3) is 0 Å². The number of halogens is 2. The summed E-state index contributed by atoms with van der Waals surface area (Å²) in [5, 5.41) is 11.3. The average molecular weight is 442 g/mol. The molecule has 0 saturated heterocycles. The number of benzene rings is 1. The van der Waals surface area contributed by atoms with Crippen LogP contribution in [0.4, 0.5) is 0 Å². The highest BCUT2D eigenvalue weighted by atomic mass is 35.5. The fourth-order valence-electron chi connectivity index (χ4n) is 3.23. The number of carboxylic acid groups (broad SMARTS) is 1. The number of hydrogen-bond acceptors (Lipinski definition) is 6. The normalized spacial score (nSPS) is 16.8. The number of nitrogens with zero attached hydrogens (tertiary/aromatic N) is 1. The van der Waals surface area contributed by atoms with Gasteiger partial charge in [0.1, 0.15) is 0 Å². The lowest BCUT2D eigenvalue weighted by Crippen LogP contribution is -2.36. The molecule has 1 aliphatic rings. The molecule has 0 spiro atoms. The van der Waals surface area contributed by atoms with Crippen molar-refractivity contribution < 1.29 is 29.1 Å². The van der Waals surface area contributed by atoms with Gasteiger partial charge in [-0.05, 0) is 31.9 Å². The molecule has 29 heavy (non-hydrogen) atoms. The van der Waals surface area contributed by atoms with E-state index in [1.165, 1.54) is 14.0 Å². The molecule has 1 N–H and O–H groups in total. The molecule has 1 heterocycles. The van der Waals surface area contributed by atoms with E-state index in [0.29, 0.717) is 12.0 Å². The van der Waals surface area contributed by atoms with E-state index in [1.807, 2.05) is 6.92 Å². The molecule has 1 aliphatic heterocycles. The van der Waals surface area contributed by atoms with Crippen molar-refractivity contribution in [3.05, 3.63) is 56.3 Å². The van der Waals surface area contributed by atoms with Gasteiger partial charge >= 0.3 is 17.9 Å². The first-order chi connectivity index (χ1) is 13.6. The zero-order valence-corrected chi connectivity index (χ0v) is 17.9. The molecule has 0 amide bonds. The first kappa shape index (κ1) is 22.8. The molecule has 2 rings (SSSR count). The number of hydroxylamine groups is 2. The Hall–Kier alpha value is -2.51. The zero-order chi connectivity index (χ0) is 21.9. The molecule has 9 heteroatoms. The number of aliphatic carboxylic acids is 1. The molecule has 0 saturated carbocycles. The summed E-state index contributed by atoms with van der Waals surface area (Å²) in [6.45, 7) is 4.84. The number of carboxylic acids is 1. The second kappa shape index (κ2) is 9.33. The number of methoxy groups -OCH3 is 1. The lowest BCUT2D eigenvalue weighted by molar-refractivity contribution is -0.175. The Morgan fingerprint density at radius 2 is 1.76 bits per heavy atom. The summed E-state index contributed by atoms with van der Waals surface area (Å²) in [6, 6.07) is 4.75. The van der Waals surface area contributed by atoms with Crippen LogP contribution in [0.5, 0.6) is 0 Å². The Bertz CT molecular complexity index is 922. The van der Waals surface area contributed by atoms with Crippen molar-refractivity contribution >= 4 is 41.1 Å². The Morgan fingerprint density at radius 3 is 2.31 bits per heavy atom. The van der Waals surface area contributed by atoms with E-state index in [4.69, 9.17) is 32.8 Å². The molecule has 0 fully saturated rings. The molecule has 7 nitrogen and oxygen atoms in total. The number of esters is 1. The number of hydrogen-bond donors (Lipinski definition) is 1. The highest BCUT2D eigenvalue weighted by molar-refractivity contribution is 6.42. The number of rotatable bonds is 6. The van der Waals surface area contributed by atoms with Gasteiger partial charge in [-0.2, -0.15) is 5.06 Å². The van der Waals surface area contributed by atoms with E-state index in [1.54, 1.807) is 25.1 Å². The van der Waals surface area contributed by atoms with Crippen molar-refractivity contribution in [2.24, 2.45) is 0 Å². The molecule has 0 radical (unpaired) electrons.